The Bertz CT molecular complexity index is 1100. The smallest absolute Gasteiger partial charge is 0.251 e. The first kappa shape index (κ1) is 21.3. The molecule has 2 aliphatic rings. The van der Waals surface area contributed by atoms with Crippen molar-refractivity contribution in [3.8, 4) is 11.4 Å². The number of hydrogen-bond donors (Lipinski definition) is 1. The number of rotatable bonds is 6. The van der Waals surface area contributed by atoms with Gasteiger partial charge in [-0.3, -0.25) is 4.90 Å². The van der Waals surface area contributed by atoms with Crippen molar-refractivity contribution in [1.82, 2.24) is 35.7 Å². The highest BCUT2D eigenvalue weighted by molar-refractivity contribution is 7.11. The summed E-state index contributed by atoms with van der Waals surface area (Å²) >= 11 is 1.58. The number of anilines is 1. The van der Waals surface area contributed by atoms with Crippen LogP contribution in [0.3, 0.4) is 0 Å². The van der Waals surface area contributed by atoms with Gasteiger partial charge >= 0.3 is 0 Å². The number of aromatic amines is 1. The maximum absolute atomic E-state index is 15.2. The normalized spacial score (nSPS) is 23.0. The number of halogens is 3. The third-order valence-corrected chi connectivity index (χ3v) is 6.97. The summed E-state index contributed by atoms with van der Waals surface area (Å²) in [6.07, 6.45) is 0.00665. The molecular formula is C20H23F3N8S. The summed E-state index contributed by atoms with van der Waals surface area (Å²) in [6, 6.07) is 3.30. The first-order valence-electron chi connectivity index (χ1n) is 10.5. The molecule has 0 spiro atoms. The summed E-state index contributed by atoms with van der Waals surface area (Å²) in [4.78, 5) is 4.39. The van der Waals surface area contributed by atoms with Gasteiger partial charge < -0.3 is 4.90 Å². The molecule has 32 heavy (non-hydrogen) atoms. The number of piperazine rings is 1. The van der Waals surface area contributed by atoms with Gasteiger partial charge in [0.25, 0.3) is 5.92 Å². The molecule has 170 valence electrons. The van der Waals surface area contributed by atoms with E-state index in [-0.39, 0.29) is 30.3 Å². The van der Waals surface area contributed by atoms with E-state index in [9.17, 15) is 8.78 Å². The molecule has 2 aromatic heterocycles. The minimum Gasteiger partial charge on any atom is -0.368 e. The summed E-state index contributed by atoms with van der Waals surface area (Å²) in [6.45, 7) is 6.79. The van der Waals surface area contributed by atoms with Gasteiger partial charge in [-0.25, -0.2) is 13.2 Å². The molecule has 1 N–H and O–H groups in total. The number of aromatic nitrogens is 6. The van der Waals surface area contributed by atoms with Crippen molar-refractivity contribution in [3.05, 3.63) is 33.5 Å². The van der Waals surface area contributed by atoms with Gasteiger partial charge in [-0.1, -0.05) is 0 Å². The van der Waals surface area contributed by atoms with Crippen LogP contribution in [-0.4, -0.2) is 67.3 Å². The van der Waals surface area contributed by atoms with Crippen LogP contribution in [0.5, 0.6) is 0 Å². The average molecular weight is 465 g/mol. The van der Waals surface area contributed by atoms with Crippen LogP contribution in [0.4, 0.5) is 18.9 Å². The second-order valence-corrected chi connectivity index (χ2v) is 9.82. The van der Waals surface area contributed by atoms with Gasteiger partial charge in [-0.05, 0) is 43.2 Å². The van der Waals surface area contributed by atoms with Crippen molar-refractivity contribution in [2.45, 2.75) is 45.2 Å². The van der Waals surface area contributed by atoms with Crippen molar-refractivity contribution in [3.63, 3.8) is 0 Å². The second kappa shape index (κ2) is 8.07. The van der Waals surface area contributed by atoms with Gasteiger partial charge in [-0.2, -0.15) is 5.21 Å². The van der Waals surface area contributed by atoms with E-state index < -0.39 is 17.7 Å². The van der Waals surface area contributed by atoms with Crippen LogP contribution >= 0.6 is 11.3 Å². The van der Waals surface area contributed by atoms with Crippen molar-refractivity contribution in [2.75, 3.05) is 24.5 Å². The Morgan fingerprint density at radius 3 is 2.66 bits per heavy atom. The van der Waals surface area contributed by atoms with E-state index in [1.165, 1.54) is 6.07 Å². The number of nitrogens with zero attached hydrogens (tertiary/aromatic N) is 7. The minimum atomic E-state index is -2.65. The van der Waals surface area contributed by atoms with Gasteiger partial charge in [0.05, 0.1) is 17.8 Å². The van der Waals surface area contributed by atoms with Gasteiger partial charge in [-0.15, -0.1) is 31.7 Å². The lowest BCUT2D eigenvalue weighted by Crippen LogP contribution is -2.51. The monoisotopic (exact) mass is 464 g/mol. The predicted molar refractivity (Wildman–Crippen MR) is 113 cm³/mol. The lowest BCUT2D eigenvalue weighted by molar-refractivity contribution is 0.0989. The largest absolute Gasteiger partial charge is 0.368 e. The van der Waals surface area contributed by atoms with Crippen molar-refractivity contribution in [1.29, 1.82) is 0 Å². The summed E-state index contributed by atoms with van der Waals surface area (Å²) in [5, 5.41) is 24.0. The van der Waals surface area contributed by atoms with Gasteiger partial charge in [0.1, 0.15) is 15.8 Å². The van der Waals surface area contributed by atoms with E-state index in [0.717, 1.165) is 16.6 Å². The molecule has 1 saturated heterocycles. The lowest BCUT2D eigenvalue weighted by Gasteiger charge is -2.41. The second-order valence-electron chi connectivity index (χ2n) is 8.55. The molecule has 1 aromatic carbocycles. The molecular weight excluding hydrogens is 441 g/mol. The highest BCUT2D eigenvalue weighted by Gasteiger charge is 2.56. The van der Waals surface area contributed by atoms with E-state index >= 15 is 4.39 Å². The SMILES string of the molecule is Cc1nnc(CN2CCN(c3cc(CC4CC4(F)F)cc(F)c3-c3nn[nH]n3)C[C@@H]2C)s1. The molecule has 12 heteroatoms. The fourth-order valence-electron chi connectivity index (χ4n) is 4.30. The van der Waals surface area contributed by atoms with Crippen molar-refractivity contribution >= 4 is 17.0 Å². The predicted octanol–water partition coefficient (Wildman–Crippen LogP) is 3.07. The average Bonchev–Trinajstić information content (AvgIpc) is 3.14. The van der Waals surface area contributed by atoms with Gasteiger partial charge in [0.15, 0.2) is 0 Å². The van der Waals surface area contributed by atoms with Crippen LogP contribution in [0.1, 0.15) is 28.9 Å². The summed E-state index contributed by atoms with van der Waals surface area (Å²) in [5.41, 5.74) is 1.42. The van der Waals surface area contributed by atoms with Gasteiger partial charge in [0.2, 0.25) is 5.82 Å². The number of nitrogens with one attached hydrogen (secondary N) is 1. The molecule has 3 heterocycles. The highest BCUT2D eigenvalue weighted by atomic mass is 32.1. The van der Waals surface area contributed by atoms with Crippen molar-refractivity contribution in [2.24, 2.45) is 5.92 Å². The number of alkyl halides is 2. The first-order valence-corrected chi connectivity index (χ1v) is 11.3. The Balaban J connectivity index is 1.40. The standard InChI is InChI=1S/C20H23F3N8S/c1-11-9-31(4-3-30(11)10-17-25-24-12(2)32-17)16-7-13(5-14-8-20(14,22)23)6-15(21)18(16)19-26-28-29-27-19/h6-7,11,14H,3-5,8-10H2,1-2H3,(H,26,27,28,29)/t11-,14?/m0/s1. The Kier molecular flexibility index (Phi) is 5.36. The van der Waals surface area contributed by atoms with Gasteiger partial charge in [0, 0.05) is 38.0 Å². The molecule has 0 radical (unpaired) electrons. The highest BCUT2D eigenvalue weighted by Crippen LogP contribution is 2.50. The van der Waals surface area contributed by atoms with Crippen LogP contribution in [0.25, 0.3) is 11.4 Å². The van der Waals surface area contributed by atoms with Crippen LogP contribution in [0, 0.1) is 18.7 Å². The lowest BCUT2D eigenvalue weighted by atomic mass is 10.0. The third-order valence-electron chi connectivity index (χ3n) is 6.15. The maximum atomic E-state index is 15.2. The third kappa shape index (κ3) is 4.20. The Morgan fingerprint density at radius 2 is 2.03 bits per heavy atom. The molecule has 1 saturated carbocycles. The number of H-pyrrole nitrogens is 1. The van der Waals surface area contributed by atoms with E-state index in [1.54, 1.807) is 17.4 Å². The van der Waals surface area contributed by atoms with E-state index in [4.69, 9.17) is 0 Å². The maximum Gasteiger partial charge on any atom is 0.251 e. The van der Waals surface area contributed by atoms with Crippen LogP contribution in [-0.2, 0) is 13.0 Å². The van der Waals surface area contributed by atoms with E-state index in [2.05, 4.69) is 47.5 Å². The zero-order chi connectivity index (χ0) is 22.5. The fraction of sp³-hybridized carbons (Fsp3) is 0.550. The summed E-state index contributed by atoms with van der Waals surface area (Å²) < 4.78 is 42.1. The Hall–Kier alpha value is -2.60. The summed E-state index contributed by atoms with van der Waals surface area (Å²) in [5.74, 6) is -3.74. The van der Waals surface area contributed by atoms with Crippen molar-refractivity contribution < 1.29 is 13.2 Å². The molecule has 1 aliphatic carbocycles. The molecule has 2 atom stereocenters. The van der Waals surface area contributed by atoms with Crippen LogP contribution < -0.4 is 4.90 Å². The molecule has 1 aliphatic heterocycles. The Labute approximate surface area is 186 Å². The number of tetrazole rings is 1. The fourth-order valence-corrected chi connectivity index (χ4v) is 5.04. The molecule has 0 bridgehead atoms. The van der Waals surface area contributed by atoms with E-state index in [1.807, 2.05) is 6.92 Å². The number of hydrogen-bond acceptors (Lipinski definition) is 8. The van der Waals surface area contributed by atoms with E-state index in [0.29, 0.717) is 30.9 Å². The summed E-state index contributed by atoms with van der Waals surface area (Å²) in [7, 11) is 0. The number of aryl methyl sites for hydroxylation is 1. The van der Waals surface area contributed by atoms with Crippen LogP contribution in [0.15, 0.2) is 12.1 Å². The molecule has 5 rings (SSSR count). The molecule has 0 amide bonds. The quantitative estimate of drug-likeness (QED) is 0.600. The first-order chi connectivity index (χ1) is 15.3. The topological polar surface area (TPSA) is 86.7 Å². The molecule has 1 unspecified atom stereocenters. The minimum absolute atomic E-state index is 0.142. The van der Waals surface area contributed by atoms with Crippen LogP contribution in [0.2, 0.25) is 0 Å². The number of benzene rings is 1. The molecule has 2 fully saturated rings. The molecule has 3 aromatic rings. The Morgan fingerprint density at radius 1 is 1.22 bits per heavy atom. The molecule has 8 nitrogen and oxygen atoms in total. The zero-order valence-electron chi connectivity index (χ0n) is 17.7. The zero-order valence-corrected chi connectivity index (χ0v) is 18.5.